The molecule has 0 spiro atoms. The molecule has 0 amide bonds. The predicted molar refractivity (Wildman–Crippen MR) is 60.4 cm³/mol. The molecule has 1 saturated heterocycles. The van der Waals surface area contributed by atoms with Crippen LogP contribution in [0.2, 0.25) is 0 Å². The van der Waals surface area contributed by atoms with Crippen LogP contribution in [0.5, 0.6) is 0 Å². The lowest BCUT2D eigenvalue weighted by atomic mass is 10.1. The Morgan fingerprint density at radius 3 is 3.07 bits per heavy atom. The molecular formula is C11H14FNS. The average Bonchev–Trinajstić information content (AvgIpc) is 2.19. The highest BCUT2D eigenvalue weighted by Gasteiger charge is 2.12. The van der Waals surface area contributed by atoms with Gasteiger partial charge >= 0.3 is 0 Å². The van der Waals surface area contributed by atoms with E-state index in [1.165, 1.54) is 24.7 Å². The first kappa shape index (κ1) is 9.84. The summed E-state index contributed by atoms with van der Waals surface area (Å²) in [6.45, 7) is 0. The maximum absolute atomic E-state index is 12.9. The summed E-state index contributed by atoms with van der Waals surface area (Å²) in [6, 6.07) is 7.20. The summed E-state index contributed by atoms with van der Waals surface area (Å²) in [6.07, 6.45) is 2.46. The summed E-state index contributed by atoms with van der Waals surface area (Å²) in [5.41, 5.74) is 0.900. The molecule has 1 aromatic carbocycles. The first-order valence-electron chi connectivity index (χ1n) is 4.94. The van der Waals surface area contributed by atoms with Crippen LogP contribution in [0.15, 0.2) is 24.3 Å². The standard InChI is InChI=1S/C11H14FNS/c12-9-3-1-4-10(7-9)13-11-5-2-6-14-8-11/h1,3-4,7,11,13H,2,5-6,8H2/t11-/m0/s1. The number of thioether (sulfide) groups is 1. The molecule has 0 bridgehead atoms. The molecule has 0 radical (unpaired) electrons. The van der Waals surface area contributed by atoms with E-state index in [-0.39, 0.29) is 5.82 Å². The topological polar surface area (TPSA) is 12.0 Å². The number of anilines is 1. The number of benzene rings is 1. The summed E-state index contributed by atoms with van der Waals surface area (Å²) in [5, 5.41) is 3.36. The van der Waals surface area contributed by atoms with Crippen LogP contribution < -0.4 is 5.32 Å². The van der Waals surface area contributed by atoms with Crippen molar-refractivity contribution < 1.29 is 4.39 Å². The van der Waals surface area contributed by atoms with Gasteiger partial charge in [-0.3, -0.25) is 0 Å². The van der Waals surface area contributed by atoms with Crippen molar-refractivity contribution in [3.63, 3.8) is 0 Å². The van der Waals surface area contributed by atoms with Crippen molar-refractivity contribution >= 4 is 17.4 Å². The van der Waals surface area contributed by atoms with Gasteiger partial charge in [-0.15, -0.1) is 0 Å². The predicted octanol–water partition coefficient (Wildman–Crippen LogP) is 3.13. The fourth-order valence-electron chi connectivity index (χ4n) is 1.67. The molecule has 1 N–H and O–H groups in total. The Labute approximate surface area is 88.1 Å². The molecule has 0 unspecified atom stereocenters. The van der Waals surface area contributed by atoms with Gasteiger partial charge in [-0.2, -0.15) is 11.8 Å². The van der Waals surface area contributed by atoms with Crippen molar-refractivity contribution in [1.82, 2.24) is 0 Å². The van der Waals surface area contributed by atoms with Crippen LogP contribution in [0.25, 0.3) is 0 Å². The molecule has 1 aromatic rings. The minimum atomic E-state index is -0.168. The number of hydrogen-bond acceptors (Lipinski definition) is 2. The van der Waals surface area contributed by atoms with Gasteiger partial charge in [-0.1, -0.05) is 6.07 Å². The van der Waals surface area contributed by atoms with E-state index >= 15 is 0 Å². The van der Waals surface area contributed by atoms with E-state index < -0.39 is 0 Å². The van der Waals surface area contributed by atoms with E-state index in [9.17, 15) is 4.39 Å². The molecule has 3 heteroatoms. The average molecular weight is 211 g/mol. The third-order valence-electron chi connectivity index (χ3n) is 2.36. The van der Waals surface area contributed by atoms with Crippen LogP contribution in [0.4, 0.5) is 10.1 Å². The number of rotatable bonds is 2. The van der Waals surface area contributed by atoms with Crippen LogP contribution in [0.1, 0.15) is 12.8 Å². The highest BCUT2D eigenvalue weighted by molar-refractivity contribution is 7.99. The van der Waals surface area contributed by atoms with Gasteiger partial charge in [-0.05, 0) is 36.8 Å². The Morgan fingerprint density at radius 2 is 2.36 bits per heavy atom. The van der Waals surface area contributed by atoms with Crippen molar-refractivity contribution in [2.45, 2.75) is 18.9 Å². The molecule has 1 aliphatic heterocycles. The molecule has 1 fully saturated rings. The molecule has 2 rings (SSSR count). The number of hydrogen-bond donors (Lipinski definition) is 1. The fraction of sp³-hybridized carbons (Fsp3) is 0.455. The Morgan fingerprint density at radius 1 is 1.43 bits per heavy atom. The van der Waals surface area contributed by atoms with E-state index in [0.29, 0.717) is 6.04 Å². The van der Waals surface area contributed by atoms with Gasteiger partial charge < -0.3 is 5.32 Å². The van der Waals surface area contributed by atoms with Crippen LogP contribution >= 0.6 is 11.8 Å². The largest absolute Gasteiger partial charge is 0.381 e. The van der Waals surface area contributed by atoms with Gasteiger partial charge in [0.25, 0.3) is 0 Å². The molecule has 1 nitrogen and oxygen atoms in total. The fourth-order valence-corrected chi connectivity index (χ4v) is 2.74. The lowest BCUT2D eigenvalue weighted by Gasteiger charge is -2.23. The summed E-state index contributed by atoms with van der Waals surface area (Å²) in [7, 11) is 0. The first-order valence-corrected chi connectivity index (χ1v) is 6.10. The van der Waals surface area contributed by atoms with Gasteiger partial charge in [0.1, 0.15) is 5.82 Å². The zero-order chi connectivity index (χ0) is 9.80. The van der Waals surface area contributed by atoms with Crippen molar-refractivity contribution in [2.24, 2.45) is 0 Å². The minimum absolute atomic E-state index is 0.168. The summed E-state index contributed by atoms with van der Waals surface area (Å²) >= 11 is 1.97. The van der Waals surface area contributed by atoms with Gasteiger partial charge in [0.2, 0.25) is 0 Å². The van der Waals surface area contributed by atoms with E-state index in [1.54, 1.807) is 12.1 Å². The third-order valence-corrected chi connectivity index (χ3v) is 3.57. The lowest BCUT2D eigenvalue weighted by molar-refractivity contribution is 0.626. The molecule has 1 heterocycles. The molecule has 1 atom stereocenters. The zero-order valence-corrected chi connectivity index (χ0v) is 8.82. The summed E-state index contributed by atoms with van der Waals surface area (Å²) in [5.74, 6) is 2.23. The van der Waals surface area contributed by atoms with Crippen LogP contribution in [0, 0.1) is 5.82 Å². The second-order valence-corrected chi connectivity index (χ2v) is 4.72. The van der Waals surface area contributed by atoms with E-state index in [1.807, 2.05) is 17.8 Å². The van der Waals surface area contributed by atoms with Crippen LogP contribution in [-0.4, -0.2) is 17.5 Å². The Balaban J connectivity index is 1.95. The van der Waals surface area contributed by atoms with Crippen molar-refractivity contribution in [1.29, 1.82) is 0 Å². The SMILES string of the molecule is Fc1cccc(N[C@H]2CCCSC2)c1. The first-order chi connectivity index (χ1) is 6.84. The Kier molecular flexibility index (Phi) is 3.30. The molecular weight excluding hydrogens is 197 g/mol. The van der Waals surface area contributed by atoms with Crippen LogP contribution in [0.3, 0.4) is 0 Å². The zero-order valence-electron chi connectivity index (χ0n) is 8.00. The molecule has 14 heavy (non-hydrogen) atoms. The van der Waals surface area contributed by atoms with E-state index in [2.05, 4.69) is 5.32 Å². The smallest absolute Gasteiger partial charge is 0.125 e. The third kappa shape index (κ3) is 2.64. The normalized spacial score (nSPS) is 21.9. The molecule has 1 aliphatic rings. The van der Waals surface area contributed by atoms with Gasteiger partial charge in [0, 0.05) is 17.5 Å². The molecule has 0 saturated carbocycles. The van der Waals surface area contributed by atoms with Crippen molar-refractivity contribution in [3.8, 4) is 0 Å². The summed E-state index contributed by atoms with van der Waals surface area (Å²) < 4.78 is 12.9. The maximum atomic E-state index is 12.9. The van der Waals surface area contributed by atoms with Crippen LogP contribution in [-0.2, 0) is 0 Å². The maximum Gasteiger partial charge on any atom is 0.125 e. The second-order valence-electron chi connectivity index (χ2n) is 3.57. The molecule has 0 aromatic heterocycles. The van der Waals surface area contributed by atoms with Crippen molar-refractivity contribution in [3.05, 3.63) is 30.1 Å². The monoisotopic (exact) mass is 211 g/mol. The minimum Gasteiger partial charge on any atom is -0.381 e. The Bertz CT molecular complexity index is 297. The quantitative estimate of drug-likeness (QED) is 0.806. The molecule has 0 aliphatic carbocycles. The highest BCUT2D eigenvalue weighted by Crippen LogP contribution is 2.21. The molecule has 76 valence electrons. The highest BCUT2D eigenvalue weighted by atomic mass is 32.2. The van der Waals surface area contributed by atoms with E-state index in [4.69, 9.17) is 0 Å². The van der Waals surface area contributed by atoms with E-state index in [0.717, 1.165) is 11.4 Å². The summed E-state index contributed by atoms with van der Waals surface area (Å²) in [4.78, 5) is 0. The second kappa shape index (κ2) is 4.69. The van der Waals surface area contributed by atoms with Gasteiger partial charge in [0.05, 0.1) is 0 Å². The Hall–Kier alpha value is -0.700. The lowest BCUT2D eigenvalue weighted by Crippen LogP contribution is -2.25. The van der Waals surface area contributed by atoms with Gasteiger partial charge in [-0.25, -0.2) is 4.39 Å². The number of halogens is 1. The van der Waals surface area contributed by atoms with Gasteiger partial charge in [0.15, 0.2) is 0 Å². The number of nitrogens with one attached hydrogen (secondary N) is 1. The van der Waals surface area contributed by atoms with Crippen molar-refractivity contribution in [2.75, 3.05) is 16.8 Å².